The van der Waals surface area contributed by atoms with Crippen LogP contribution in [0.3, 0.4) is 0 Å². The molecule has 0 aromatic heterocycles. The van der Waals surface area contributed by atoms with Gasteiger partial charge in [0.25, 0.3) is 0 Å². The Bertz CT molecular complexity index is 333. The van der Waals surface area contributed by atoms with Gasteiger partial charge in [-0.15, -0.1) is 0 Å². The Morgan fingerprint density at radius 2 is 1.79 bits per heavy atom. The van der Waals surface area contributed by atoms with Crippen LogP contribution in [0.25, 0.3) is 0 Å². The molecule has 0 spiro atoms. The Balaban J connectivity index is 3.15. The summed E-state index contributed by atoms with van der Waals surface area (Å²) in [5.41, 5.74) is -0.159. The van der Waals surface area contributed by atoms with Gasteiger partial charge in [-0.25, -0.2) is 0 Å². The maximum absolute atomic E-state index is 12.3. The molecule has 0 aliphatic carbocycles. The van der Waals surface area contributed by atoms with Crippen molar-refractivity contribution in [2.45, 2.75) is 6.18 Å². The van der Waals surface area contributed by atoms with Crippen molar-refractivity contribution < 1.29 is 13.2 Å². The molecule has 0 aliphatic heterocycles. The molecule has 0 atom stereocenters. The number of rotatable bonds is 1. The second-order valence-electron chi connectivity index (χ2n) is 3.06. The van der Waals surface area contributed by atoms with E-state index in [0.717, 1.165) is 6.07 Å². The van der Waals surface area contributed by atoms with Crippen molar-refractivity contribution in [1.82, 2.24) is 0 Å². The summed E-state index contributed by atoms with van der Waals surface area (Å²) in [7, 11) is 3.47. The minimum Gasteiger partial charge on any atom is -0.378 e. The van der Waals surface area contributed by atoms with E-state index < -0.39 is 11.7 Å². The molecule has 0 N–H and O–H groups in total. The normalized spacial score (nSPS) is 11.6. The summed E-state index contributed by atoms with van der Waals surface area (Å²) in [5.74, 6) is 0. The molecule has 0 aliphatic rings. The average Bonchev–Trinajstić information content (AvgIpc) is 2.01. The fraction of sp³-hybridized carbons (Fsp3) is 0.333. The molecule has 0 radical (unpaired) electrons. The summed E-state index contributed by atoms with van der Waals surface area (Å²) >= 11 is 5.51. The number of alkyl halides is 3. The van der Waals surface area contributed by atoms with E-state index in [4.69, 9.17) is 11.6 Å². The van der Waals surface area contributed by atoms with Crippen LogP contribution in [0.5, 0.6) is 0 Å². The van der Waals surface area contributed by atoms with Crippen molar-refractivity contribution in [1.29, 1.82) is 0 Å². The highest BCUT2D eigenvalue weighted by molar-refractivity contribution is 6.31. The molecule has 0 bridgehead atoms. The van der Waals surface area contributed by atoms with Crippen LogP contribution in [0.1, 0.15) is 5.56 Å². The van der Waals surface area contributed by atoms with Crippen LogP contribution in [0.4, 0.5) is 18.9 Å². The van der Waals surface area contributed by atoms with E-state index in [1.165, 1.54) is 12.1 Å². The van der Waals surface area contributed by atoms with E-state index in [2.05, 4.69) is 0 Å². The van der Waals surface area contributed by atoms with Crippen molar-refractivity contribution in [2.75, 3.05) is 19.0 Å². The minimum atomic E-state index is -4.39. The lowest BCUT2D eigenvalue weighted by atomic mass is 10.2. The summed E-state index contributed by atoms with van der Waals surface area (Å²) in [6.45, 7) is 0. The number of nitrogens with zero attached hydrogens (tertiary/aromatic N) is 1. The highest BCUT2D eigenvalue weighted by Crippen LogP contribution is 2.36. The number of hydrogen-bond donors (Lipinski definition) is 0. The maximum Gasteiger partial charge on any atom is 0.417 e. The molecule has 1 aromatic rings. The molecular weight excluding hydrogens is 215 g/mol. The van der Waals surface area contributed by atoms with Gasteiger partial charge in [-0.05, 0) is 18.2 Å². The first-order valence-corrected chi connectivity index (χ1v) is 4.24. The molecule has 0 heterocycles. The SMILES string of the molecule is CN(C)c1ccc(C(F)(F)F)c(Cl)c1. The number of benzene rings is 1. The summed E-state index contributed by atoms with van der Waals surface area (Å²) in [5, 5.41) is -0.274. The van der Waals surface area contributed by atoms with Crippen molar-refractivity contribution in [3.05, 3.63) is 28.8 Å². The topological polar surface area (TPSA) is 3.24 Å². The van der Waals surface area contributed by atoms with Crippen LogP contribution in [-0.4, -0.2) is 14.1 Å². The number of anilines is 1. The highest BCUT2D eigenvalue weighted by Gasteiger charge is 2.33. The highest BCUT2D eigenvalue weighted by atomic mass is 35.5. The molecule has 0 unspecified atom stereocenters. The molecule has 5 heteroatoms. The first-order chi connectivity index (χ1) is 6.32. The third kappa shape index (κ3) is 2.32. The van der Waals surface area contributed by atoms with E-state index in [0.29, 0.717) is 5.69 Å². The van der Waals surface area contributed by atoms with Crippen molar-refractivity contribution >= 4 is 17.3 Å². The minimum absolute atomic E-state index is 0.274. The van der Waals surface area contributed by atoms with Gasteiger partial charge in [-0.3, -0.25) is 0 Å². The first-order valence-electron chi connectivity index (χ1n) is 3.86. The number of hydrogen-bond acceptors (Lipinski definition) is 1. The van der Waals surface area contributed by atoms with Crippen LogP contribution >= 0.6 is 11.6 Å². The van der Waals surface area contributed by atoms with Crippen LogP contribution < -0.4 is 4.90 Å². The average molecular weight is 224 g/mol. The fourth-order valence-corrected chi connectivity index (χ4v) is 1.29. The van der Waals surface area contributed by atoms with Crippen molar-refractivity contribution in [3.63, 3.8) is 0 Å². The van der Waals surface area contributed by atoms with E-state index in [9.17, 15) is 13.2 Å². The van der Waals surface area contributed by atoms with E-state index >= 15 is 0 Å². The van der Waals surface area contributed by atoms with Crippen LogP contribution in [-0.2, 0) is 6.18 Å². The van der Waals surface area contributed by atoms with Crippen molar-refractivity contribution in [2.24, 2.45) is 0 Å². The second kappa shape index (κ2) is 3.69. The third-order valence-corrected chi connectivity index (χ3v) is 2.09. The molecule has 0 saturated heterocycles. The largest absolute Gasteiger partial charge is 0.417 e. The molecular formula is C9H9ClF3N. The quantitative estimate of drug-likeness (QED) is 0.705. The van der Waals surface area contributed by atoms with Gasteiger partial charge in [0.05, 0.1) is 10.6 Å². The van der Waals surface area contributed by atoms with Crippen LogP contribution in [0.15, 0.2) is 18.2 Å². The Morgan fingerprint density at radius 3 is 2.14 bits per heavy atom. The lowest BCUT2D eigenvalue weighted by Crippen LogP contribution is -2.10. The smallest absolute Gasteiger partial charge is 0.378 e. The zero-order valence-electron chi connectivity index (χ0n) is 7.69. The van der Waals surface area contributed by atoms with E-state index in [-0.39, 0.29) is 5.02 Å². The van der Waals surface area contributed by atoms with E-state index in [1.807, 2.05) is 0 Å². The second-order valence-corrected chi connectivity index (χ2v) is 3.46. The fourth-order valence-electron chi connectivity index (χ4n) is 1.01. The Hall–Kier alpha value is -0.900. The molecule has 1 nitrogen and oxygen atoms in total. The van der Waals surface area contributed by atoms with Crippen LogP contribution in [0, 0.1) is 0 Å². The summed E-state index contributed by atoms with van der Waals surface area (Å²) in [6, 6.07) is 3.66. The summed E-state index contributed by atoms with van der Waals surface area (Å²) in [6.07, 6.45) is -4.39. The Labute approximate surface area is 85.1 Å². The molecule has 14 heavy (non-hydrogen) atoms. The molecule has 0 fully saturated rings. The standard InChI is InChI=1S/C9H9ClF3N/c1-14(2)6-3-4-7(8(10)5-6)9(11,12)13/h3-5H,1-2H3. The first kappa shape index (κ1) is 11.2. The number of halogens is 4. The predicted octanol–water partition coefficient (Wildman–Crippen LogP) is 3.42. The molecule has 1 rings (SSSR count). The monoisotopic (exact) mass is 223 g/mol. The van der Waals surface area contributed by atoms with Gasteiger partial charge in [-0.1, -0.05) is 11.6 Å². The lowest BCUT2D eigenvalue weighted by molar-refractivity contribution is -0.137. The zero-order valence-corrected chi connectivity index (χ0v) is 8.45. The molecule has 78 valence electrons. The summed E-state index contributed by atoms with van der Waals surface area (Å²) < 4.78 is 36.9. The van der Waals surface area contributed by atoms with E-state index in [1.54, 1.807) is 19.0 Å². The van der Waals surface area contributed by atoms with Gasteiger partial charge in [0, 0.05) is 19.8 Å². The third-order valence-electron chi connectivity index (χ3n) is 1.77. The Morgan fingerprint density at radius 1 is 1.21 bits per heavy atom. The molecule has 0 amide bonds. The van der Waals surface area contributed by atoms with Gasteiger partial charge in [0.2, 0.25) is 0 Å². The summed E-state index contributed by atoms with van der Waals surface area (Å²) in [4.78, 5) is 1.69. The molecule has 1 aromatic carbocycles. The van der Waals surface area contributed by atoms with Gasteiger partial charge in [0.1, 0.15) is 0 Å². The lowest BCUT2D eigenvalue weighted by Gasteiger charge is -2.15. The van der Waals surface area contributed by atoms with Crippen LogP contribution in [0.2, 0.25) is 5.02 Å². The van der Waals surface area contributed by atoms with Gasteiger partial charge < -0.3 is 4.90 Å². The molecule has 0 saturated carbocycles. The van der Waals surface area contributed by atoms with Gasteiger partial charge in [0.15, 0.2) is 0 Å². The predicted molar refractivity (Wildman–Crippen MR) is 50.8 cm³/mol. The zero-order chi connectivity index (χ0) is 10.9. The maximum atomic E-state index is 12.3. The van der Waals surface area contributed by atoms with Gasteiger partial charge in [-0.2, -0.15) is 13.2 Å². The Kier molecular flexibility index (Phi) is 2.95. The van der Waals surface area contributed by atoms with Gasteiger partial charge >= 0.3 is 6.18 Å². The van der Waals surface area contributed by atoms with Crippen molar-refractivity contribution in [3.8, 4) is 0 Å².